The smallest absolute Gasteiger partial charge is 0.214 e. The Morgan fingerprint density at radius 3 is 2.39 bits per heavy atom. The zero-order chi connectivity index (χ0) is 22.1. The lowest BCUT2D eigenvalue weighted by Gasteiger charge is -2.06. The molecule has 5 rings (SSSR count). The molecule has 0 aliphatic carbocycles. The van der Waals surface area contributed by atoms with Crippen LogP contribution >= 0.6 is 0 Å². The maximum absolute atomic E-state index is 7.68. The molecule has 0 amide bonds. The molecule has 2 heterocycles. The van der Waals surface area contributed by atoms with Gasteiger partial charge in [-0.1, -0.05) is 41.5 Å². The molecule has 5 aromatic rings. The minimum atomic E-state index is -2.09. The van der Waals surface area contributed by atoms with E-state index in [-0.39, 0.29) is 0 Å². The van der Waals surface area contributed by atoms with Crippen molar-refractivity contribution in [2.45, 2.75) is 20.7 Å². The van der Waals surface area contributed by atoms with Gasteiger partial charge in [-0.2, -0.15) is 0 Å². The van der Waals surface area contributed by atoms with Gasteiger partial charge in [-0.05, 0) is 55.2 Å². The summed E-state index contributed by atoms with van der Waals surface area (Å²) in [6, 6.07) is 18.8. The van der Waals surface area contributed by atoms with Crippen molar-refractivity contribution < 1.29 is 8.68 Å². The molecule has 0 unspecified atom stereocenters. The Bertz CT molecular complexity index is 1510. The van der Waals surface area contributed by atoms with Gasteiger partial charge in [-0.15, -0.1) is 0 Å². The third-order valence-electron chi connectivity index (χ3n) is 5.88. The van der Waals surface area contributed by atoms with Crippen molar-refractivity contribution >= 4 is 32.6 Å². The molecule has 0 N–H and O–H groups in total. The van der Waals surface area contributed by atoms with E-state index in [0.29, 0.717) is 5.56 Å². The molecular weight excluding hydrogens is 340 g/mol. The quantitative estimate of drug-likeness (QED) is 0.326. The summed E-state index contributed by atoms with van der Waals surface area (Å²) < 4.78 is 27.4. The van der Waals surface area contributed by atoms with E-state index in [1.165, 1.54) is 32.6 Å². The summed E-state index contributed by atoms with van der Waals surface area (Å²) in [5.41, 5.74) is 7.08. The first kappa shape index (κ1) is 14.0. The molecule has 0 aliphatic heterocycles. The van der Waals surface area contributed by atoms with Crippen LogP contribution in [0, 0.1) is 20.7 Å². The fraction of sp³-hybridized carbons (Fsp3) is 0.192. The van der Waals surface area contributed by atoms with Crippen LogP contribution in [0.5, 0.6) is 0 Å². The van der Waals surface area contributed by atoms with E-state index >= 15 is 0 Å². The predicted molar refractivity (Wildman–Crippen MR) is 119 cm³/mol. The van der Waals surface area contributed by atoms with E-state index in [2.05, 4.69) is 72.7 Å². The molecule has 28 heavy (non-hydrogen) atoms. The van der Waals surface area contributed by atoms with Gasteiger partial charge in [0.25, 0.3) is 0 Å². The van der Waals surface area contributed by atoms with Gasteiger partial charge in [0.1, 0.15) is 7.05 Å². The third kappa shape index (κ3) is 2.45. The average molecular weight is 369 g/mol. The monoisotopic (exact) mass is 368 g/mol. The largest absolute Gasteiger partial charge is 0.343 e. The van der Waals surface area contributed by atoms with Crippen molar-refractivity contribution in [3.8, 4) is 11.3 Å². The van der Waals surface area contributed by atoms with Gasteiger partial charge < -0.3 is 4.57 Å². The van der Waals surface area contributed by atoms with Crippen LogP contribution in [0.15, 0.2) is 60.8 Å². The summed E-state index contributed by atoms with van der Waals surface area (Å²) in [6.07, 6.45) is 2.19. The van der Waals surface area contributed by atoms with Crippen molar-refractivity contribution in [2.75, 3.05) is 0 Å². The summed E-state index contributed by atoms with van der Waals surface area (Å²) in [7, 11) is 4.16. The first-order valence-electron chi connectivity index (χ1n) is 11.1. The minimum Gasteiger partial charge on any atom is -0.343 e. The highest BCUT2D eigenvalue weighted by molar-refractivity contribution is 6.12. The van der Waals surface area contributed by atoms with E-state index in [9.17, 15) is 0 Å². The molecule has 0 fully saturated rings. The Labute approximate surface area is 169 Å². The highest BCUT2D eigenvalue weighted by Gasteiger charge is 2.19. The van der Waals surface area contributed by atoms with Gasteiger partial charge in [-0.25, -0.2) is 4.57 Å². The molecule has 2 heteroatoms. The normalized spacial score (nSPS) is 13.8. The molecule has 0 radical (unpaired) electrons. The molecule has 0 saturated carbocycles. The van der Waals surface area contributed by atoms with Crippen LogP contribution in [-0.2, 0) is 14.1 Å². The second kappa shape index (κ2) is 5.93. The number of aryl methyl sites for hydroxylation is 5. The second-order valence-corrected chi connectivity index (χ2v) is 7.88. The molecule has 0 bridgehead atoms. The Kier molecular flexibility index (Phi) is 2.96. The lowest BCUT2D eigenvalue weighted by molar-refractivity contribution is -0.659. The maximum atomic E-state index is 7.68. The fourth-order valence-corrected chi connectivity index (χ4v) is 4.37. The number of hydrogen-bond donors (Lipinski definition) is 0. The number of fused-ring (bicyclic) bond motifs is 4. The van der Waals surface area contributed by atoms with Crippen molar-refractivity contribution in [1.82, 2.24) is 4.57 Å². The second-order valence-electron chi connectivity index (χ2n) is 7.88. The zero-order valence-electron chi connectivity index (χ0n) is 19.7. The zero-order valence-corrected chi connectivity index (χ0v) is 16.7. The van der Waals surface area contributed by atoms with Gasteiger partial charge in [0.15, 0.2) is 6.20 Å². The Hall–Kier alpha value is -3.13. The molecule has 0 spiro atoms. The fourth-order valence-electron chi connectivity index (χ4n) is 4.37. The van der Waals surface area contributed by atoms with Gasteiger partial charge >= 0.3 is 0 Å². The van der Waals surface area contributed by atoms with Crippen LogP contribution in [0.25, 0.3) is 43.8 Å². The molecule has 0 saturated heterocycles. The number of nitrogens with zero attached hydrogens (tertiary/aromatic N) is 2. The first-order chi connectivity index (χ1) is 14.6. The van der Waals surface area contributed by atoms with E-state index in [1.807, 2.05) is 13.0 Å². The summed E-state index contributed by atoms with van der Waals surface area (Å²) in [4.78, 5) is 0. The standard InChI is InChI=1S/C26H25N2/c1-16-7-9-21(18(3)10-16)24-14-26-23(15-27(24)4)22-12-20-11-17(2)6-8-19(20)13-25(22)28(26)5/h6-15H,1-5H3/q+1/i1D3. The number of aromatic nitrogens is 2. The number of pyridine rings is 1. The Morgan fingerprint density at radius 1 is 0.821 bits per heavy atom. The third-order valence-corrected chi connectivity index (χ3v) is 5.88. The lowest BCUT2D eigenvalue weighted by atomic mass is 10.0. The Morgan fingerprint density at radius 2 is 1.61 bits per heavy atom. The van der Waals surface area contributed by atoms with Gasteiger partial charge in [0, 0.05) is 33.7 Å². The molecule has 3 aromatic carbocycles. The topological polar surface area (TPSA) is 8.81 Å². The molecule has 2 nitrogen and oxygen atoms in total. The van der Waals surface area contributed by atoms with Crippen LogP contribution < -0.4 is 4.57 Å². The molecule has 0 aliphatic rings. The van der Waals surface area contributed by atoms with Crippen LogP contribution in [0.1, 0.15) is 20.8 Å². The van der Waals surface area contributed by atoms with Crippen molar-refractivity contribution in [1.29, 1.82) is 0 Å². The van der Waals surface area contributed by atoms with Gasteiger partial charge in [0.05, 0.1) is 10.9 Å². The summed E-state index contributed by atoms with van der Waals surface area (Å²) in [6.45, 7) is 2.01. The molecule has 2 aromatic heterocycles. The lowest BCUT2D eigenvalue weighted by Crippen LogP contribution is -2.30. The van der Waals surface area contributed by atoms with E-state index in [0.717, 1.165) is 22.3 Å². The molecule has 0 atom stereocenters. The van der Waals surface area contributed by atoms with E-state index in [1.54, 1.807) is 12.1 Å². The summed E-state index contributed by atoms with van der Waals surface area (Å²) in [5, 5.41) is 4.95. The Balaban J connectivity index is 1.77. The number of benzene rings is 3. The van der Waals surface area contributed by atoms with E-state index in [4.69, 9.17) is 4.11 Å². The van der Waals surface area contributed by atoms with Crippen LogP contribution in [0.2, 0.25) is 0 Å². The average Bonchev–Trinajstić information content (AvgIpc) is 2.96. The number of rotatable bonds is 1. The molecule has 138 valence electrons. The van der Waals surface area contributed by atoms with Crippen LogP contribution in [0.3, 0.4) is 0 Å². The summed E-state index contributed by atoms with van der Waals surface area (Å²) in [5.74, 6) is 0. The van der Waals surface area contributed by atoms with Crippen LogP contribution in [-0.4, -0.2) is 4.57 Å². The predicted octanol–water partition coefficient (Wildman–Crippen LogP) is 5.90. The minimum absolute atomic E-state index is 0.379. The van der Waals surface area contributed by atoms with Crippen molar-refractivity contribution in [3.05, 3.63) is 77.5 Å². The van der Waals surface area contributed by atoms with E-state index < -0.39 is 6.85 Å². The summed E-state index contributed by atoms with van der Waals surface area (Å²) >= 11 is 0. The van der Waals surface area contributed by atoms with Crippen LogP contribution in [0.4, 0.5) is 0 Å². The maximum Gasteiger partial charge on any atom is 0.214 e. The highest BCUT2D eigenvalue weighted by Crippen LogP contribution is 2.33. The van der Waals surface area contributed by atoms with Gasteiger partial charge in [0.2, 0.25) is 5.69 Å². The first-order valence-corrected chi connectivity index (χ1v) is 9.57. The van der Waals surface area contributed by atoms with Crippen molar-refractivity contribution in [2.24, 2.45) is 14.1 Å². The SMILES string of the molecule is [2H]C([2H])([2H])c1ccc(-c2cc3c(c[n+]2C)c2cc4cc(C)ccc4cc2n3C)c(C)c1. The van der Waals surface area contributed by atoms with Gasteiger partial charge in [-0.3, -0.25) is 0 Å². The highest BCUT2D eigenvalue weighted by atomic mass is 15.0. The molecular formula is C26H25N2+. The number of hydrogen-bond acceptors (Lipinski definition) is 0. The van der Waals surface area contributed by atoms with Crippen molar-refractivity contribution in [3.63, 3.8) is 0 Å².